The number of halogens is 2. The maximum Gasteiger partial charge on any atom is 0.133 e. The smallest absolute Gasteiger partial charge is 0.133 e. The quantitative estimate of drug-likeness (QED) is 0.813. The molecule has 0 aliphatic carbocycles. The molecule has 1 aliphatic heterocycles. The predicted octanol–water partition coefficient (Wildman–Crippen LogP) is 3.36. The van der Waals surface area contributed by atoms with Gasteiger partial charge in [-0.2, -0.15) is 0 Å². The van der Waals surface area contributed by atoms with E-state index < -0.39 is 29.3 Å². The number of nitrogens with one attached hydrogen (secondary N) is 2. The Kier molecular flexibility index (Phi) is 4.08. The van der Waals surface area contributed by atoms with Crippen LogP contribution in [0.5, 0.6) is 0 Å². The Balaban J connectivity index is 1.95. The maximum absolute atomic E-state index is 14.3. The summed E-state index contributed by atoms with van der Waals surface area (Å²) in [5.41, 5.74) is 0.972. The van der Waals surface area contributed by atoms with Gasteiger partial charge in [0.1, 0.15) is 11.6 Å². The Labute approximate surface area is 134 Å². The van der Waals surface area contributed by atoms with Crippen LogP contribution in [0, 0.1) is 11.6 Å². The van der Waals surface area contributed by atoms with Crippen LogP contribution in [0.25, 0.3) is 0 Å². The van der Waals surface area contributed by atoms with E-state index in [1.54, 1.807) is 13.8 Å². The zero-order valence-electron chi connectivity index (χ0n) is 13.1. The van der Waals surface area contributed by atoms with Crippen LogP contribution in [-0.2, 0) is 6.54 Å². The van der Waals surface area contributed by atoms with Gasteiger partial charge in [-0.3, -0.25) is 0 Å². The van der Waals surface area contributed by atoms with Crippen molar-refractivity contribution in [3.05, 3.63) is 65.2 Å². The topological polar surface area (TPSA) is 44.3 Å². The number of rotatable bonds is 3. The first-order valence-corrected chi connectivity index (χ1v) is 7.61. The van der Waals surface area contributed by atoms with E-state index in [2.05, 4.69) is 10.6 Å². The molecule has 3 N–H and O–H groups in total. The highest BCUT2D eigenvalue weighted by molar-refractivity contribution is 5.58. The molecule has 5 heteroatoms. The Morgan fingerprint density at radius 2 is 1.87 bits per heavy atom. The first-order valence-electron chi connectivity index (χ1n) is 7.61. The van der Waals surface area contributed by atoms with Gasteiger partial charge < -0.3 is 15.7 Å². The summed E-state index contributed by atoms with van der Waals surface area (Å²) in [6, 6.07) is 11.2. The van der Waals surface area contributed by atoms with Gasteiger partial charge in [-0.25, -0.2) is 8.78 Å². The standard InChI is InChI=1S/C18H20F2N2O/c1-18(2)17(23)16(21-10-11-6-4-3-5-7-11)15-13(20)8-12(19)9-14(15)22-18/h3-9,16-17,21-23H,10H2,1-2H3/t16-,17?/m0/s1. The molecular formula is C18H20F2N2O. The van der Waals surface area contributed by atoms with Gasteiger partial charge in [-0.1, -0.05) is 30.3 Å². The molecule has 3 nitrogen and oxygen atoms in total. The first kappa shape index (κ1) is 15.9. The average Bonchev–Trinajstić information content (AvgIpc) is 2.48. The molecule has 1 unspecified atom stereocenters. The van der Waals surface area contributed by atoms with Gasteiger partial charge in [0.15, 0.2) is 0 Å². The normalized spacial score (nSPS) is 22.3. The summed E-state index contributed by atoms with van der Waals surface area (Å²) in [5.74, 6) is -1.30. The van der Waals surface area contributed by atoms with Crippen LogP contribution in [0.1, 0.15) is 31.0 Å². The van der Waals surface area contributed by atoms with Crippen molar-refractivity contribution in [1.82, 2.24) is 5.32 Å². The van der Waals surface area contributed by atoms with Gasteiger partial charge in [0.2, 0.25) is 0 Å². The van der Waals surface area contributed by atoms with Gasteiger partial charge in [0.05, 0.1) is 17.7 Å². The lowest BCUT2D eigenvalue weighted by Crippen LogP contribution is -2.54. The monoisotopic (exact) mass is 318 g/mol. The van der Waals surface area contributed by atoms with E-state index in [9.17, 15) is 13.9 Å². The Morgan fingerprint density at radius 3 is 2.57 bits per heavy atom. The van der Waals surface area contributed by atoms with E-state index >= 15 is 0 Å². The molecule has 3 rings (SSSR count). The number of hydrogen-bond donors (Lipinski definition) is 3. The Bertz CT molecular complexity index is 704. The largest absolute Gasteiger partial charge is 0.389 e. The van der Waals surface area contributed by atoms with Crippen molar-refractivity contribution in [2.75, 3.05) is 5.32 Å². The fourth-order valence-corrected chi connectivity index (χ4v) is 3.04. The van der Waals surface area contributed by atoms with Crippen LogP contribution in [-0.4, -0.2) is 16.7 Å². The number of anilines is 1. The summed E-state index contributed by atoms with van der Waals surface area (Å²) in [6.45, 7) is 4.09. The van der Waals surface area contributed by atoms with Crippen LogP contribution >= 0.6 is 0 Å². The van der Waals surface area contributed by atoms with Crippen LogP contribution < -0.4 is 10.6 Å². The Hall–Kier alpha value is -1.98. The second kappa shape index (κ2) is 5.91. The minimum atomic E-state index is -0.862. The molecule has 0 aromatic heterocycles. The second-order valence-corrected chi connectivity index (χ2v) is 6.48. The molecule has 0 saturated heterocycles. The zero-order valence-corrected chi connectivity index (χ0v) is 13.1. The van der Waals surface area contributed by atoms with Gasteiger partial charge in [0.25, 0.3) is 0 Å². The number of fused-ring (bicyclic) bond motifs is 1. The number of benzene rings is 2. The van der Waals surface area contributed by atoms with Crippen molar-refractivity contribution in [1.29, 1.82) is 0 Å². The molecule has 1 heterocycles. The molecule has 0 radical (unpaired) electrons. The van der Waals surface area contributed by atoms with Crippen LogP contribution in [0.3, 0.4) is 0 Å². The van der Waals surface area contributed by atoms with Gasteiger partial charge in [0, 0.05) is 23.9 Å². The highest BCUT2D eigenvalue weighted by Gasteiger charge is 2.42. The highest BCUT2D eigenvalue weighted by atomic mass is 19.1. The van der Waals surface area contributed by atoms with Crippen molar-refractivity contribution < 1.29 is 13.9 Å². The summed E-state index contributed by atoms with van der Waals surface area (Å²) in [6.07, 6.45) is -0.862. The molecule has 0 amide bonds. The maximum atomic E-state index is 14.3. The minimum absolute atomic E-state index is 0.272. The molecule has 1 aliphatic rings. The lowest BCUT2D eigenvalue weighted by Gasteiger charge is -2.43. The highest BCUT2D eigenvalue weighted by Crippen LogP contribution is 2.39. The first-order chi connectivity index (χ1) is 10.9. The van der Waals surface area contributed by atoms with E-state index in [0.717, 1.165) is 11.6 Å². The average molecular weight is 318 g/mol. The van der Waals surface area contributed by atoms with E-state index in [4.69, 9.17) is 0 Å². The SMILES string of the molecule is CC1(C)Nc2cc(F)cc(F)c2[C@H](NCc2ccccc2)C1O. The molecule has 122 valence electrons. The van der Waals surface area contributed by atoms with E-state index in [0.29, 0.717) is 12.2 Å². The van der Waals surface area contributed by atoms with Crippen molar-refractivity contribution in [3.63, 3.8) is 0 Å². The minimum Gasteiger partial charge on any atom is -0.389 e. The molecular weight excluding hydrogens is 298 g/mol. The lowest BCUT2D eigenvalue weighted by atomic mass is 9.82. The molecule has 0 saturated carbocycles. The number of aliphatic hydroxyl groups excluding tert-OH is 1. The van der Waals surface area contributed by atoms with Crippen LogP contribution in [0.2, 0.25) is 0 Å². The van der Waals surface area contributed by atoms with E-state index in [-0.39, 0.29) is 5.56 Å². The Morgan fingerprint density at radius 1 is 1.17 bits per heavy atom. The van der Waals surface area contributed by atoms with Crippen molar-refractivity contribution in [2.45, 2.75) is 38.1 Å². The predicted molar refractivity (Wildman–Crippen MR) is 86.1 cm³/mol. The summed E-state index contributed by atoms with van der Waals surface area (Å²) >= 11 is 0. The van der Waals surface area contributed by atoms with Crippen molar-refractivity contribution in [2.24, 2.45) is 0 Å². The van der Waals surface area contributed by atoms with Gasteiger partial charge >= 0.3 is 0 Å². The van der Waals surface area contributed by atoms with Gasteiger partial charge in [-0.05, 0) is 25.5 Å². The van der Waals surface area contributed by atoms with Crippen LogP contribution in [0.4, 0.5) is 14.5 Å². The molecule has 23 heavy (non-hydrogen) atoms. The van der Waals surface area contributed by atoms with Crippen molar-refractivity contribution >= 4 is 5.69 Å². The number of aliphatic hydroxyl groups is 1. The van der Waals surface area contributed by atoms with E-state index in [1.165, 1.54) is 6.07 Å². The second-order valence-electron chi connectivity index (χ2n) is 6.48. The fourth-order valence-electron chi connectivity index (χ4n) is 3.04. The fraction of sp³-hybridized carbons (Fsp3) is 0.333. The number of hydrogen-bond acceptors (Lipinski definition) is 3. The lowest BCUT2D eigenvalue weighted by molar-refractivity contribution is 0.0662. The molecule has 2 aromatic rings. The molecule has 0 bridgehead atoms. The van der Waals surface area contributed by atoms with Crippen molar-refractivity contribution in [3.8, 4) is 0 Å². The molecule has 2 aromatic carbocycles. The summed E-state index contributed by atoms with van der Waals surface area (Å²) in [4.78, 5) is 0. The third-order valence-corrected chi connectivity index (χ3v) is 4.29. The third kappa shape index (κ3) is 3.07. The third-order valence-electron chi connectivity index (χ3n) is 4.29. The van der Waals surface area contributed by atoms with Crippen LogP contribution in [0.15, 0.2) is 42.5 Å². The zero-order chi connectivity index (χ0) is 16.6. The summed E-state index contributed by atoms with van der Waals surface area (Å²) in [7, 11) is 0. The summed E-state index contributed by atoms with van der Waals surface area (Å²) in [5, 5.41) is 16.9. The molecule has 2 atom stereocenters. The molecule has 0 spiro atoms. The summed E-state index contributed by atoms with van der Waals surface area (Å²) < 4.78 is 27.8. The van der Waals surface area contributed by atoms with E-state index in [1.807, 2.05) is 30.3 Å². The molecule has 0 fully saturated rings. The van der Waals surface area contributed by atoms with Gasteiger partial charge in [-0.15, -0.1) is 0 Å².